The first-order valence-electron chi connectivity index (χ1n) is 8.76. The molecule has 0 spiro atoms. The van der Waals surface area contributed by atoms with Crippen LogP contribution < -0.4 is 0 Å². The average Bonchev–Trinajstić information content (AvgIpc) is 2.57. The molecule has 1 aliphatic carbocycles. The van der Waals surface area contributed by atoms with E-state index in [9.17, 15) is 4.79 Å². The Balaban J connectivity index is 1.63. The SMILES string of the molecule is CN1CCN(Cc2cccc(C(=O)C3CCCCC3)c2)CC1. The number of ketones is 1. The average molecular weight is 300 g/mol. The van der Waals surface area contributed by atoms with Gasteiger partial charge in [-0.3, -0.25) is 9.69 Å². The molecule has 1 saturated carbocycles. The summed E-state index contributed by atoms with van der Waals surface area (Å²) in [5, 5.41) is 0. The zero-order chi connectivity index (χ0) is 15.4. The smallest absolute Gasteiger partial charge is 0.165 e. The van der Waals surface area contributed by atoms with Gasteiger partial charge in [0.05, 0.1) is 0 Å². The van der Waals surface area contributed by atoms with Crippen molar-refractivity contribution in [2.24, 2.45) is 5.92 Å². The van der Waals surface area contributed by atoms with Crippen LogP contribution in [0.2, 0.25) is 0 Å². The van der Waals surface area contributed by atoms with Crippen LogP contribution in [0.3, 0.4) is 0 Å². The Hall–Kier alpha value is -1.19. The van der Waals surface area contributed by atoms with Crippen LogP contribution in [-0.4, -0.2) is 48.8 Å². The van der Waals surface area contributed by atoms with Crippen LogP contribution in [0.1, 0.15) is 48.0 Å². The maximum atomic E-state index is 12.7. The van der Waals surface area contributed by atoms with Crippen molar-refractivity contribution >= 4 is 5.78 Å². The van der Waals surface area contributed by atoms with Gasteiger partial charge in [-0.2, -0.15) is 0 Å². The van der Waals surface area contributed by atoms with E-state index in [0.717, 1.165) is 51.1 Å². The van der Waals surface area contributed by atoms with Crippen LogP contribution in [0.25, 0.3) is 0 Å². The monoisotopic (exact) mass is 300 g/mol. The molecule has 1 aromatic carbocycles. The van der Waals surface area contributed by atoms with Gasteiger partial charge in [0.2, 0.25) is 0 Å². The summed E-state index contributed by atoms with van der Waals surface area (Å²) in [6.45, 7) is 5.50. The van der Waals surface area contributed by atoms with Gasteiger partial charge in [-0.1, -0.05) is 37.5 Å². The molecule has 3 rings (SSSR count). The molecule has 0 bridgehead atoms. The summed E-state index contributed by atoms with van der Waals surface area (Å²) in [6.07, 6.45) is 5.91. The quantitative estimate of drug-likeness (QED) is 0.798. The molecule has 0 aromatic heterocycles. The number of benzene rings is 1. The number of piperazine rings is 1. The molecule has 0 amide bonds. The molecule has 0 atom stereocenters. The third-order valence-corrected chi connectivity index (χ3v) is 5.19. The fourth-order valence-electron chi connectivity index (χ4n) is 3.69. The summed E-state index contributed by atoms with van der Waals surface area (Å²) < 4.78 is 0. The summed E-state index contributed by atoms with van der Waals surface area (Å²) in [6, 6.07) is 8.36. The molecule has 0 unspecified atom stereocenters. The lowest BCUT2D eigenvalue weighted by Crippen LogP contribution is -2.43. The van der Waals surface area contributed by atoms with Gasteiger partial charge in [0.1, 0.15) is 0 Å². The van der Waals surface area contributed by atoms with Crippen molar-refractivity contribution in [1.29, 1.82) is 0 Å². The second kappa shape index (κ2) is 7.38. The molecule has 1 aliphatic heterocycles. The van der Waals surface area contributed by atoms with E-state index < -0.39 is 0 Å². The molecule has 3 nitrogen and oxygen atoms in total. The number of carbonyl (C=O) groups excluding carboxylic acids is 1. The lowest BCUT2D eigenvalue weighted by molar-refractivity contribution is 0.0889. The number of Topliss-reactive ketones (excluding diaryl/α,β-unsaturated/α-hetero) is 1. The van der Waals surface area contributed by atoms with Crippen molar-refractivity contribution in [1.82, 2.24) is 9.80 Å². The van der Waals surface area contributed by atoms with Crippen molar-refractivity contribution in [3.8, 4) is 0 Å². The van der Waals surface area contributed by atoms with Crippen LogP contribution in [0.15, 0.2) is 24.3 Å². The molecule has 120 valence electrons. The lowest BCUT2D eigenvalue weighted by atomic mass is 9.83. The minimum atomic E-state index is 0.271. The van der Waals surface area contributed by atoms with Gasteiger partial charge in [0.15, 0.2) is 5.78 Å². The first kappa shape index (κ1) is 15.7. The van der Waals surface area contributed by atoms with Crippen LogP contribution in [0, 0.1) is 5.92 Å². The van der Waals surface area contributed by atoms with E-state index in [1.807, 2.05) is 6.07 Å². The summed E-state index contributed by atoms with van der Waals surface area (Å²) in [4.78, 5) is 17.5. The summed E-state index contributed by atoms with van der Waals surface area (Å²) >= 11 is 0. The Labute approximate surface area is 134 Å². The summed E-state index contributed by atoms with van der Waals surface area (Å²) in [7, 11) is 2.18. The van der Waals surface area contributed by atoms with Gasteiger partial charge in [0.25, 0.3) is 0 Å². The van der Waals surface area contributed by atoms with Gasteiger partial charge in [0, 0.05) is 44.2 Å². The first-order chi connectivity index (χ1) is 10.7. The number of rotatable bonds is 4. The molecule has 1 saturated heterocycles. The van der Waals surface area contributed by atoms with E-state index in [0.29, 0.717) is 5.78 Å². The lowest BCUT2D eigenvalue weighted by Gasteiger charge is -2.32. The zero-order valence-corrected chi connectivity index (χ0v) is 13.8. The van der Waals surface area contributed by atoms with Gasteiger partial charge < -0.3 is 4.90 Å². The third-order valence-electron chi connectivity index (χ3n) is 5.19. The highest BCUT2D eigenvalue weighted by Gasteiger charge is 2.22. The van der Waals surface area contributed by atoms with Gasteiger partial charge in [-0.25, -0.2) is 0 Å². The minimum absolute atomic E-state index is 0.271. The highest BCUT2D eigenvalue weighted by Crippen LogP contribution is 2.27. The Morgan fingerprint density at radius 3 is 2.55 bits per heavy atom. The molecule has 0 radical (unpaired) electrons. The van der Waals surface area contributed by atoms with Crippen molar-refractivity contribution in [2.45, 2.75) is 38.6 Å². The van der Waals surface area contributed by atoms with Gasteiger partial charge in [-0.05, 0) is 31.5 Å². The third kappa shape index (κ3) is 3.96. The van der Waals surface area contributed by atoms with Crippen LogP contribution in [-0.2, 0) is 6.54 Å². The Morgan fingerprint density at radius 1 is 1.09 bits per heavy atom. The van der Waals surface area contributed by atoms with Crippen LogP contribution >= 0.6 is 0 Å². The highest BCUT2D eigenvalue weighted by atomic mass is 16.1. The highest BCUT2D eigenvalue weighted by molar-refractivity contribution is 5.98. The molecule has 2 fully saturated rings. The normalized spacial score (nSPS) is 21.9. The number of hydrogen-bond donors (Lipinski definition) is 0. The summed E-state index contributed by atoms with van der Waals surface area (Å²) in [5.41, 5.74) is 2.21. The number of hydrogen-bond acceptors (Lipinski definition) is 3. The van der Waals surface area contributed by atoms with Crippen molar-refractivity contribution < 1.29 is 4.79 Å². The molecular weight excluding hydrogens is 272 g/mol. The van der Waals surface area contributed by atoms with E-state index >= 15 is 0 Å². The van der Waals surface area contributed by atoms with E-state index in [1.54, 1.807) is 0 Å². The predicted octanol–water partition coefficient (Wildman–Crippen LogP) is 3.20. The van der Waals surface area contributed by atoms with Crippen LogP contribution in [0.5, 0.6) is 0 Å². The van der Waals surface area contributed by atoms with E-state index in [4.69, 9.17) is 0 Å². The first-order valence-corrected chi connectivity index (χ1v) is 8.76. The van der Waals surface area contributed by atoms with Crippen LogP contribution in [0.4, 0.5) is 0 Å². The van der Waals surface area contributed by atoms with Gasteiger partial charge in [-0.15, -0.1) is 0 Å². The van der Waals surface area contributed by atoms with E-state index in [-0.39, 0.29) is 5.92 Å². The number of nitrogens with zero attached hydrogens (tertiary/aromatic N) is 2. The predicted molar refractivity (Wildman–Crippen MR) is 90.1 cm³/mol. The van der Waals surface area contributed by atoms with Crippen molar-refractivity contribution in [2.75, 3.05) is 33.2 Å². The fourth-order valence-corrected chi connectivity index (χ4v) is 3.69. The molecule has 0 N–H and O–H groups in total. The number of carbonyl (C=O) groups is 1. The van der Waals surface area contributed by atoms with Crippen molar-refractivity contribution in [3.63, 3.8) is 0 Å². The molecule has 22 heavy (non-hydrogen) atoms. The standard InChI is InChI=1S/C19H28N2O/c1-20-10-12-21(13-11-20)15-16-6-5-9-18(14-16)19(22)17-7-3-2-4-8-17/h5-6,9,14,17H,2-4,7-8,10-13,15H2,1H3. The number of likely N-dealkylation sites (N-methyl/N-ethyl adjacent to an activating group) is 1. The second-order valence-electron chi connectivity index (χ2n) is 6.98. The largest absolute Gasteiger partial charge is 0.304 e. The fraction of sp³-hybridized carbons (Fsp3) is 0.632. The molecular formula is C19H28N2O. The van der Waals surface area contributed by atoms with E-state index in [2.05, 4.69) is 35.0 Å². The zero-order valence-electron chi connectivity index (χ0n) is 13.8. The van der Waals surface area contributed by atoms with Gasteiger partial charge >= 0.3 is 0 Å². The Kier molecular flexibility index (Phi) is 5.27. The topological polar surface area (TPSA) is 23.6 Å². The molecule has 1 aromatic rings. The summed E-state index contributed by atoms with van der Waals surface area (Å²) in [5.74, 6) is 0.646. The Bertz CT molecular complexity index is 500. The van der Waals surface area contributed by atoms with E-state index in [1.165, 1.54) is 24.8 Å². The maximum Gasteiger partial charge on any atom is 0.165 e. The molecule has 3 heteroatoms. The second-order valence-corrected chi connectivity index (χ2v) is 6.98. The Morgan fingerprint density at radius 2 is 1.82 bits per heavy atom. The molecule has 1 heterocycles. The molecule has 2 aliphatic rings. The minimum Gasteiger partial charge on any atom is -0.304 e. The maximum absolute atomic E-state index is 12.7. The van der Waals surface area contributed by atoms with Crippen molar-refractivity contribution in [3.05, 3.63) is 35.4 Å².